The lowest BCUT2D eigenvalue weighted by Crippen LogP contribution is -2.28. The monoisotopic (exact) mass is 241 g/mol. The first-order valence-corrected chi connectivity index (χ1v) is 6.28. The molecule has 0 aliphatic heterocycles. The molecule has 0 saturated heterocycles. The smallest absolute Gasteiger partial charge is 0.309 e. The van der Waals surface area contributed by atoms with Crippen LogP contribution in [-0.4, -0.2) is 17.6 Å². The van der Waals surface area contributed by atoms with Gasteiger partial charge in [-0.05, 0) is 50.7 Å². The fourth-order valence-electron chi connectivity index (χ4n) is 1.33. The molecule has 3 nitrogen and oxygen atoms in total. The number of thiophene rings is 1. The molecule has 0 fully saturated rings. The summed E-state index contributed by atoms with van der Waals surface area (Å²) in [7, 11) is 0. The molecule has 0 spiro atoms. The first-order chi connectivity index (χ1) is 7.42. The Balaban J connectivity index is 2.24. The molecule has 0 saturated carbocycles. The van der Waals surface area contributed by atoms with Crippen LogP contribution in [0.2, 0.25) is 0 Å². The van der Waals surface area contributed by atoms with Crippen LogP contribution in [0.4, 0.5) is 0 Å². The molecular weight excluding hydrogens is 222 g/mol. The van der Waals surface area contributed by atoms with Gasteiger partial charge < -0.3 is 10.4 Å². The molecule has 0 atom stereocenters. The predicted molar refractivity (Wildman–Crippen MR) is 66.8 cm³/mol. The molecule has 0 aliphatic carbocycles. The van der Waals surface area contributed by atoms with Gasteiger partial charge in [0.25, 0.3) is 0 Å². The number of hydrogen-bond donors (Lipinski definition) is 2. The minimum Gasteiger partial charge on any atom is -0.481 e. The Morgan fingerprint density at radius 1 is 1.56 bits per heavy atom. The first-order valence-electron chi connectivity index (χ1n) is 5.40. The van der Waals surface area contributed by atoms with E-state index in [4.69, 9.17) is 5.11 Å². The van der Waals surface area contributed by atoms with E-state index in [-0.39, 0.29) is 0 Å². The van der Waals surface area contributed by atoms with Crippen LogP contribution in [0.15, 0.2) is 11.4 Å². The number of hydrogen-bond acceptors (Lipinski definition) is 3. The second-order valence-electron chi connectivity index (χ2n) is 4.68. The normalized spacial score (nSPS) is 11.7. The zero-order valence-electron chi connectivity index (χ0n) is 10.0. The fraction of sp³-hybridized carbons (Fsp3) is 0.583. The summed E-state index contributed by atoms with van der Waals surface area (Å²) in [6, 6.07) is 2.15. The maximum atomic E-state index is 10.9. The van der Waals surface area contributed by atoms with Crippen LogP contribution in [0.1, 0.15) is 30.7 Å². The van der Waals surface area contributed by atoms with Crippen molar-refractivity contribution in [1.82, 2.24) is 5.32 Å². The van der Waals surface area contributed by atoms with E-state index in [0.717, 1.165) is 13.1 Å². The number of carbonyl (C=O) groups is 1. The second-order valence-corrected chi connectivity index (χ2v) is 5.80. The molecule has 1 heterocycles. The number of rotatable bonds is 6. The number of carboxylic acids is 1. The Morgan fingerprint density at radius 3 is 2.75 bits per heavy atom. The van der Waals surface area contributed by atoms with Gasteiger partial charge in [0, 0.05) is 11.4 Å². The molecule has 90 valence electrons. The van der Waals surface area contributed by atoms with Crippen molar-refractivity contribution in [2.45, 2.75) is 33.7 Å². The lowest BCUT2D eigenvalue weighted by Gasteiger charge is -2.18. The van der Waals surface area contributed by atoms with Gasteiger partial charge in [0.2, 0.25) is 0 Å². The Hall–Kier alpha value is -0.870. The van der Waals surface area contributed by atoms with Gasteiger partial charge >= 0.3 is 5.97 Å². The molecule has 1 rings (SSSR count). The summed E-state index contributed by atoms with van der Waals surface area (Å²) in [5.74, 6) is -0.735. The Labute approximate surface area is 100 Å². The summed E-state index contributed by atoms with van der Waals surface area (Å²) in [4.78, 5) is 12.2. The van der Waals surface area contributed by atoms with Crippen molar-refractivity contribution in [3.63, 3.8) is 0 Å². The van der Waals surface area contributed by atoms with E-state index in [1.165, 1.54) is 10.4 Å². The van der Waals surface area contributed by atoms with E-state index in [9.17, 15) is 4.79 Å². The predicted octanol–water partition coefficient (Wildman–Crippen LogP) is 2.65. The summed E-state index contributed by atoms with van der Waals surface area (Å²) in [6.07, 6.45) is 0.644. The minimum absolute atomic E-state index is 0.641. The van der Waals surface area contributed by atoms with Crippen molar-refractivity contribution in [3.05, 3.63) is 21.9 Å². The number of aryl methyl sites for hydroxylation is 1. The summed E-state index contributed by atoms with van der Waals surface area (Å²) in [5, 5.41) is 14.3. The van der Waals surface area contributed by atoms with E-state index in [1.807, 2.05) is 0 Å². The molecule has 0 aromatic carbocycles. The number of aliphatic carboxylic acids is 1. The molecule has 2 N–H and O–H groups in total. The van der Waals surface area contributed by atoms with Crippen molar-refractivity contribution < 1.29 is 9.90 Å². The summed E-state index contributed by atoms with van der Waals surface area (Å²) < 4.78 is 0. The molecular formula is C12H19NO2S. The topological polar surface area (TPSA) is 49.3 Å². The van der Waals surface area contributed by atoms with Gasteiger partial charge in [-0.1, -0.05) is 0 Å². The van der Waals surface area contributed by atoms with Crippen molar-refractivity contribution in [3.8, 4) is 0 Å². The summed E-state index contributed by atoms with van der Waals surface area (Å²) in [6.45, 7) is 7.15. The molecule has 0 aliphatic rings. The molecule has 4 heteroatoms. The van der Waals surface area contributed by atoms with Gasteiger partial charge in [-0.15, -0.1) is 11.3 Å². The minimum atomic E-state index is -0.735. The van der Waals surface area contributed by atoms with Gasteiger partial charge in [-0.25, -0.2) is 0 Å². The lowest BCUT2D eigenvalue weighted by atomic mass is 9.90. The third-order valence-corrected chi connectivity index (χ3v) is 3.53. The maximum Gasteiger partial charge on any atom is 0.309 e. The SMILES string of the molecule is Cc1cc(CNCCC(C)(C)C(=O)O)cs1. The third kappa shape index (κ3) is 3.94. The van der Waals surface area contributed by atoms with Gasteiger partial charge in [-0.2, -0.15) is 0 Å². The van der Waals surface area contributed by atoms with Crippen LogP contribution in [0, 0.1) is 12.3 Å². The highest BCUT2D eigenvalue weighted by molar-refractivity contribution is 7.10. The van der Waals surface area contributed by atoms with E-state index in [2.05, 4.69) is 23.7 Å². The van der Waals surface area contributed by atoms with Gasteiger partial charge in [0.1, 0.15) is 0 Å². The van der Waals surface area contributed by atoms with Crippen LogP contribution < -0.4 is 5.32 Å². The number of carboxylic acid groups (broad SMARTS) is 1. The van der Waals surface area contributed by atoms with Crippen LogP contribution in [-0.2, 0) is 11.3 Å². The van der Waals surface area contributed by atoms with Crippen molar-refractivity contribution in [2.24, 2.45) is 5.41 Å². The number of nitrogens with one attached hydrogen (secondary N) is 1. The van der Waals surface area contributed by atoms with Crippen molar-refractivity contribution in [2.75, 3.05) is 6.54 Å². The summed E-state index contributed by atoms with van der Waals surface area (Å²) in [5.41, 5.74) is 0.632. The Kier molecular flexibility index (Phi) is 4.50. The molecule has 16 heavy (non-hydrogen) atoms. The van der Waals surface area contributed by atoms with Gasteiger partial charge in [0.05, 0.1) is 5.41 Å². The van der Waals surface area contributed by atoms with E-state index < -0.39 is 11.4 Å². The highest BCUT2D eigenvalue weighted by Crippen LogP contribution is 2.19. The lowest BCUT2D eigenvalue weighted by molar-refractivity contribution is -0.147. The largest absolute Gasteiger partial charge is 0.481 e. The second kappa shape index (κ2) is 5.46. The van der Waals surface area contributed by atoms with E-state index >= 15 is 0 Å². The highest BCUT2D eigenvalue weighted by Gasteiger charge is 2.25. The zero-order chi connectivity index (χ0) is 12.2. The van der Waals surface area contributed by atoms with Crippen LogP contribution in [0.3, 0.4) is 0 Å². The molecule has 1 aromatic heterocycles. The van der Waals surface area contributed by atoms with Crippen LogP contribution in [0.5, 0.6) is 0 Å². The fourth-order valence-corrected chi connectivity index (χ4v) is 2.04. The highest BCUT2D eigenvalue weighted by atomic mass is 32.1. The average Bonchev–Trinajstić information content (AvgIpc) is 2.59. The standard InChI is InChI=1S/C12H19NO2S/c1-9-6-10(8-16-9)7-13-5-4-12(2,3)11(14)15/h6,8,13H,4-5,7H2,1-3H3,(H,14,15). The van der Waals surface area contributed by atoms with Crippen molar-refractivity contribution >= 4 is 17.3 Å². The molecule has 1 aromatic rings. The first kappa shape index (κ1) is 13.2. The Bertz CT molecular complexity index is 358. The van der Waals surface area contributed by atoms with Crippen LogP contribution >= 0.6 is 11.3 Å². The molecule has 0 bridgehead atoms. The Morgan fingerprint density at radius 2 is 2.25 bits per heavy atom. The summed E-state index contributed by atoms with van der Waals surface area (Å²) >= 11 is 1.74. The van der Waals surface area contributed by atoms with E-state index in [0.29, 0.717) is 6.42 Å². The van der Waals surface area contributed by atoms with E-state index in [1.54, 1.807) is 25.2 Å². The molecule has 0 unspecified atom stereocenters. The van der Waals surface area contributed by atoms with Crippen molar-refractivity contribution in [1.29, 1.82) is 0 Å². The zero-order valence-corrected chi connectivity index (χ0v) is 10.9. The average molecular weight is 241 g/mol. The third-order valence-electron chi connectivity index (χ3n) is 2.62. The van der Waals surface area contributed by atoms with Gasteiger partial charge in [0.15, 0.2) is 0 Å². The van der Waals surface area contributed by atoms with Gasteiger partial charge in [-0.3, -0.25) is 4.79 Å². The van der Waals surface area contributed by atoms with Crippen LogP contribution in [0.25, 0.3) is 0 Å². The molecule has 0 amide bonds. The molecule has 0 radical (unpaired) electrons. The quantitative estimate of drug-likeness (QED) is 0.753. The maximum absolute atomic E-state index is 10.9.